The quantitative estimate of drug-likeness (QED) is 0.606. The van der Waals surface area contributed by atoms with E-state index < -0.39 is 0 Å². The largest absolute Gasteiger partial charge is 0.465 e. The van der Waals surface area contributed by atoms with Crippen LogP contribution in [0.5, 0.6) is 0 Å². The van der Waals surface area contributed by atoms with Gasteiger partial charge in [0.15, 0.2) is 0 Å². The van der Waals surface area contributed by atoms with Crippen LogP contribution in [0.15, 0.2) is 0 Å². The van der Waals surface area contributed by atoms with Crippen molar-refractivity contribution in [2.75, 3.05) is 32.8 Å². The molecule has 96 valence electrons. The molecule has 0 bridgehead atoms. The first-order valence-corrected chi connectivity index (χ1v) is 6.31. The summed E-state index contributed by atoms with van der Waals surface area (Å²) in [5, 5.41) is 3.24. The summed E-state index contributed by atoms with van der Waals surface area (Å²) in [5.74, 6) is -0.136. The van der Waals surface area contributed by atoms with E-state index in [-0.39, 0.29) is 12.0 Å². The lowest BCUT2D eigenvalue weighted by Gasteiger charge is -2.24. The fourth-order valence-corrected chi connectivity index (χ4v) is 1.52. The topological polar surface area (TPSA) is 41.6 Å². The van der Waals surface area contributed by atoms with Gasteiger partial charge in [0.1, 0.15) is 6.04 Å². The van der Waals surface area contributed by atoms with Crippen molar-refractivity contribution < 1.29 is 9.53 Å². The highest BCUT2D eigenvalue weighted by Crippen LogP contribution is 1.96. The summed E-state index contributed by atoms with van der Waals surface area (Å²) >= 11 is 0. The van der Waals surface area contributed by atoms with Gasteiger partial charge in [0.05, 0.1) is 6.61 Å². The maximum absolute atomic E-state index is 11.7. The number of esters is 1. The molecule has 0 spiro atoms. The molecular weight excluding hydrogens is 204 g/mol. The van der Waals surface area contributed by atoms with E-state index in [2.05, 4.69) is 31.0 Å². The number of nitrogens with one attached hydrogen (secondary N) is 1. The van der Waals surface area contributed by atoms with Crippen molar-refractivity contribution in [1.82, 2.24) is 10.2 Å². The zero-order chi connectivity index (χ0) is 12.4. The molecule has 16 heavy (non-hydrogen) atoms. The van der Waals surface area contributed by atoms with Crippen LogP contribution in [-0.4, -0.2) is 49.7 Å². The van der Waals surface area contributed by atoms with Gasteiger partial charge in [-0.15, -0.1) is 0 Å². The Morgan fingerprint density at radius 3 is 2.31 bits per heavy atom. The Bertz CT molecular complexity index is 182. The van der Waals surface area contributed by atoms with Gasteiger partial charge in [-0.05, 0) is 33.0 Å². The van der Waals surface area contributed by atoms with E-state index in [1.54, 1.807) is 0 Å². The van der Waals surface area contributed by atoms with Gasteiger partial charge in [-0.3, -0.25) is 4.79 Å². The standard InChI is InChI=1S/C12H26N2O2/c1-5-9-13-11(12(15)16-8-4)10-14(6-2)7-3/h11,13H,5-10H2,1-4H3. The molecule has 0 aromatic heterocycles. The van der Waals surface area contributed by atoms with Gasteiger partial charge >= 0.3 is 5.97 Å². The van der Waals surface area contributed by atoms with Crippen LogP contribution in [-0.2, 0) is 9.53 Å². The molecule has 0 aromatic rings. The summed E-state index contributed by atoms with van der Waals surface area (Å²) in [6.07, 6.45) is 1.02. The van der Waals surface area contributed by atoms with Crippen molar-refractivity contribution in [3.05, 3.63) is 0 Å². The SMILES string of the molecule is CCCNC(CN(CC)CC)C(=O)OCC. The zero-order valence-electron chi connectivity index (χ0n) is 11.1. The normalized spacial score (nSPS) is 12.8. The van der Waals surface area contributed by atoms with E-state index in [0.717, 1.165) is 32.6 Å². The Labute approximate surface area is 99.3 Å². The van der Waals surface area contributed by atoms with Crippen molar-refractivity contribution in [3.8, 4) is 0 Å². The summed E-state index contributed by atoms with van der Waals surface area (Å²) in [6, 6.07) is -0.195. The van der Waals surface area contributed by atoms with E-state index in [1.165, 1.54) is 0 Å². The predicted octanol–water partition coefficient (Wildman–Crippen LogP) is 1.26. The summed E-state index contributed by atoms with van der Waals surface area (Å²) < 4.78 is 5.06. The number of carbonyl (C=O) groups is 1. The van der Waals surface area contributed by atoms with Gasteiger partial charge in [0.25, 0.3) is 0 Å². The lowest BCUT2D eigenvalue weighted by Crippen LogP contribution is -2.47. The van der Waals surface area contributed by atoms with Crippen LogP contribution >= 0.6 is 0 Å². The third-order valence-electron chi connectivity index (χ3n) is 2.55. The van der Waals surface area contributed by atoms with Gasteiger partial charge in [0.2, 0.25) is 0 Å². The molecule has 1 N–H and O–H groups in total. The molecule has 1 unspecified atom stereocenters. The Balaban J connectivity index is 4.22. The van der Waals surface area contributed by atoms with E-state index >= 15 is 0 Å². The third-order valence-corrected chi connectivity index (χ3v) is 2.55. The molecule has 0 heterocycles. The number of hydrogen-bond acceptors (Lipinski definition) is 4. The van der Waals surface area contributed by atoms with Gasteiger partial charge in [0, 0.05) is 6.54 Å². The molecule has 0 rings (SSSR count). The monoisotopic (exact) mass is 230 g/mol. The van der Waals surface area contributed by atoms with Gasteiger partial charge in [-0.1, -0.05) is 20.8 Å². The first-order valence-electron chi connectivity index (χ1n) is 6.31. The number of hydrogen-bond donors (Lipinski definition) is 1. The number of ether oxygens (including phenoxy) is 1. The molecule has 4 heteroatoms. The molecule has 4 nitrogen and oxygen atoms in total. The molecule has 0 saturated carbocycles. The Morgan fingerprint density at radius 1 is 1.25 bits per heavy atom. The smallest absolute Gasteiger partial charge is 0.324 e. The Hall–Kier alpha value is -0.610. The molecule has 1 atom stereocenters. The Morgan fingerprint density at radius 2 is 1.88 bits per heavy atom. The van der Waals surface area contributed by atoms with Crippen molar-refractivity contribution in [3.63, 3.8) is 0 Å². The average Bonchev–Trinajstić information content (AvgIpc) is 2.30. The summed E-state index contributed by atoms with van der Waals surface area (Å²) in [5.41, 5.74) is 0. The molecule has 0 fully saturated rings. The molecule has 0 aromatic carbocycles. The minimum absolute atomic E-state index is 0.136. The molecule has 0 amide bonds. The van der Waals surface area contributed by atoms with Crippen LogP contribution in [0, 0.1) is 0 Å². The predicted molar refractivity (Wildman–Crippen MR) is 66.5 cm³/mol. The maximum atomic E-state index is 11.7. The fraction of sp³-hybridized carbons (Fsp3) is 0.917. The van der Waals surface area contributed by atoms with Crippen LogP contribution in [0.1, 0.15) is 34.1 Å². The number of rotatable bonds is 9. The second kappa shape index (κ2) is 9.60. The molecule has 0 aliphatic rings. The zero-order valence-corrected chi connectivity index (χ0v) is 11.1. The molecule has 0 aliphatic carbocycles. The minimum Gasteiger partial charge on any atom is -0.465 e. The maximum Gasteiger partial charge on any atom is 0.324 e. The van der Waals surface area contributed by atoms with E-state index in [4.69, 9.17) is 4.74 Å². The fourth-order valence-electron chi connectivity index (χ4n) is 1.52. The van der Waals surface area contributed by atoms with E-state index in [9.17, 15) is 4.79 Å². The molecule has 0 saturated heterocycles. The summed E-state index contributed by atoms with van der Waals surface area (Å²) in [4.78, 5) is 13.9. The highest BCUT2D eigenvalue weighted by atomic mass is 16.5. The minimum atomic E-state index is -0.195. The average molecular weight is 230 g/mol. The molecular formula is C12H26N2O2. The van der Waals surface area contributed by atoms with Crippen LogP contribution in [0.25, 0.3) is 0 Å². The van der Waals surface area contributed by atoms with Crippen molar-refractivity contribution >= 4 is 5.97 Å². The number of carbonyl (C=O) groups excluding carboxylic acids is 1. The third kappa shape index (κ3) is 6.08. The van der Waals surface area contributed by atoms with Crippen LogP contribution in [0.2, 0.25) is 0 Å². The molecule has 0 radical (unpaired) electrons. The second-order valence-electron chi connectivity index (χ2n) is 3.74. The lowest BCUT2D eigenvalue weighted by atomic mass is 10.2. The Kier molecular flexibility index (Phi) is 9.24. The van der Waals surface area contributed by atoms with Gasteiger partial charge < -0.3 is 15.0 Å². The highest BCUT2D eigenvalue weighted by molar-refractivity contribution is 5.76. The van der Waals surface area contributed by atoms with E-state index in [1.807, 2.05) is 6.92 Å². The van der Waals surface area contributed by atoms with Gasteiger partial charge in [-0.2, -0.15) is 0 Å². The van der Waals surface area contributed by atoms with Crippen LogP contribution in [0.3, 0.4) is 0 Å². The van der Waals surface area contributed by atoms with Crippen molar-refractivity contribution in [1.29, 1.82) is 0 Å². The van der Waals surface area contributed by atoms with Gasteiger partial charge in [-0.25, -0.2) is 0 Å². The van der Waals surface area contributed by atoms with Crippen LogP contribution < -0.4 is 5.32 Å². The summed E-state index contributed by atoms with van der Waals surface area (Å²) in [6.45, 7) is 12.1. The first kappa shape index (κ1) is 15.4. The lowest BCUT2D eigenvalue weighted by molar-refractivity contribution is -0.146. The highest BCUT2D eigenvalue weighted by Gasteiger charge is 2.20. The first-order chi connectivity index (χ1) is 7.69. The second-order valence-corrected chi connectivity index (χ2v) is 3.74. The van der Waals surface area contributed by atoms with Crippen LogP contribution in [0.4, 0.5) is 0 Å². The number of nitrogens with zero attached hydrogens (tertiary/aromatic N) is 1. The van der Waals surface area contributed by atoms with Crippen molar-refractivity contribution in [2.24, 2.45) is 0 Å². The molecule has 0 aliphatic heterocycles. The number of likely N-dealkylation sites (N-methyl/N-ethyl adjacent to an activating group) is 1. The summed E-state index contributed by atoms with van der Waals surface area (Å²) in [7, 11) is 0. The van der Waals surface area contributed by atoms with Crippen molar-refractivity contribution in [2.45, 2.75) is 40.2 Å². The van der Waals surface area contributed by atoms with E-state index in [0.29, 0.717) is 6.61 Å².